The van der Waals surface area contributed by atoms with Gasteiger partial charge < -0.3 is 9.47 Å². The first kappa shape index (κ1) is 14.4. The number of carbonyl (C=O) groups excluding carboxylic acids is 1. The van der Waals surface area contributed by atoms with Gasteiger partial charge in [0.05, 0.1) is 14.2 Å². The molecule has 4 heteroatoms. The SMILES string of the molecule is COc1cc2c(cc1OC)CC(N1CCC(=O)CC1)CC2. The summed E-state index contributed by atoms with van der Waals surface area (Å²) >= 11 is 0. The number of hydrogen-bond donors (Lipinski definition) is 0. The molecule has 0 aromatic heterocycles. The summed E-state index contributed by atoms with van der Waals surface area (Å²) in [6.07, 6.45) is 4.72. The van der Waals surface area contributed by atoms with E-state index in [1.165, 1.54) is 11.1 Å². The fourth-order valence-electron chi connectivity index (χ4n) is 3.51. The van der Waals surface area contributed by atoms with Crippen molar-refractivity contribution < 1.29 is 14.3 Å². The number of benzene rings is 1. The minimum atomic E-state index is 0.411. The molecule has 1 aromatic rings. The number of hydrogen-bond acceptors (Lipinski definition) is 4. The van der Waals surface area contributed by atoms with Gasteiger partial charge in [0, 0.05) is 32.0 Å². The highest BCUT2D eigenvalue weighted by Gasteiger charge is 2.28. The van der Waals surface area contributed by atoms with E-state index in [4.69, 9.17) is 9.47 Å². The monoisotopic (exact) mass is 289 g/mol. The number of carbonyl (C=O) groups is 1. The summed E-state index contributed by atoms with van der Waals surface area (Å²) in [4.78, 5) is 13.9. The zero-order chi connectivity index (χ0) is 14.8. The number of fused-ring (bicyclic) bond motifs is 1. The topological polar surface area (TPSA) is 38.8 Å². The van der Waals surface area contributed by atoms with Gasteiger partial charge in [0.2, 0.25) is 0 Å². The van der Waals surface area contributed by atoms with Crippen LogP contribution >= 0.6 is 0 Å². The third-order valence-corrected chi connectivity index (χ3v) is 4.78. The van der Waals surface area contributed by atoms with E-state index in [-0.39, 0.29) is 0 Å². The first-order valence-corrected chi connectivity index (χ1v) is 7.70. The second-order valence-corrected chi connectivity index (χ2v) is 5.95. The van der Waals surface area contributed by atoms with E-state index in [9.17, 15) is 4.79 Å². The first-order valence-electron chi connectivity index (χ1n) is 7.70. The Kier molecular flexibility index (Phi) is 4.15. The zero-order valence-electron chi connectivity index (χ0n) is 12.9. The minimum Gasteiger partial charge on any atom is -0.493 e. The van der Waals surface area contributed by atoms with E-state index in [0.29, 0.717) is 11.8 Å². The molecule has 0 N–H and O–H groups in total. The van der Waals surface area contributed by atoms with E-state index >= 15 is 0 Å². The Hall–Kier alpha value is -1.55. The van der Waals surface area contributed by atoms with Crippen LogP contribution in [0, 0.1) is 0 Å². The molecule has 1 unspecified atom stereocenters. The Labute approximate surface area is 126 Å². The molecule has 1 aliphatic carbocycles. The summed E-state index contributed by atoms with van der Waals surface area (Å²) in [6.45, 7) is 1.85. The molecule has 21 heavy (non-hydrogen) atoms. The predicted molar refractivity (Wildman–Crippen MR) is 81.2 cm³/mol. The van der Waals surface area contributed by atoms with Crippen LogP contribution in [0.15, 0.2) is 12.1 Å². The minimum absolute atomic E-state index is 0.411. The van der Waals surface area contributed by atoms with Crippen molar-refractivity contribution in [1.82, 2.24) is 4.90 Å². The number of piperidine rings is 1. The Bertz CT molecular complexity index is 531. The molecule has 1 atom stereocenters. The molecule has 1 heterocycles. The van der Waals surface area contributed by atoms with Gasteiger partial charge in [0.1, 0.15) is 5.78 Å². The first-order chi connectivity index (χ1) is 10.2. The molecular weight excluding hydrogens is 266 g/mol. The highest BCUT2D eigenvalue weighted by atomic mass is 16.5. The highest BCUT2D eigenvalue weighted by molar-refractivity contribution is 5.79. The van der Waals surface area contributed by atoms with Crippen molar-refractivity contribution in [3.05, 3.63) is 23.3 Å². The molecule has 1 aromatic carbocycles. The molecule has 0 amide bonds. The lowest BCUT2D eigenvalue weighted by Crippen LogP contribution is -2.44. The lowest BCUT2D eigenvalue weighted by molar-refractivity contribution is -0.121. The molecule has 0 bridgehead atoms. The molecule has 1 aliphatic heterocycles. The van der Waals surface area contributed by atoms with Crippen LogP contribution < -0.4 is 9.47 Å². The molecule has 0 spiro atoms. The maximum atomic E-state index is 11.4. The lowest BCUT2D eigenvalue weighted by Gasteiger charge is -2.37. The molecule has 0 radical (unpaired) electrons. The average molecular weight is 289 g/mol. The van der Waals surface area contributed by atoms with Crippen LogP contribution in [0.25, 0.3) is 0 Å². The van der Waals surface area contributed by atoms with Crippen LogP contribution in [0.4, 0.5) is 0 Å². The third kappa shape index (κ3) is 2.91. The van der Waals surface area contributed by atoms with Crippen LogP contribution in [-0.2, 0) is 17.6 Å². The van der Waals surface area contributed by atoms with Crippen molar-refractivity contribution in [3.8, 4) is 11.5 Å². The molecule has 0 saturated carbocycles. The van der Waals surface area contributed by atoms with Crippen molar-refractivity contribution in [1.29, 1.82) is 0 Å². The number of Topliss-reactive ketones (excluding diaryl/α,β-unsaturated/α-hetero) is 1. The normalized spacial score (nSPS) is 22.8. The van der Waals surface area contributed by atoms with Gasteiger partial charge in [0.25, 0.3) is 0 Å². The van der Waals surface area contributed by atoms with Gasteiger partial charge in [0.15, 0.2) is 11.5 Å². The molecular formula is C17H23NO3. The number of ether oxygens (including phenoxy) is 2. The zero-order valence-corrected chi connectivity index (χ0v) is 12.9. The smallest absolute Gasteiger partial charge is 0.161 e. The summed E-state index contributed by atoms with van der Waals surface area (Å²) < 4.78 is 10.8. The molecule has 1 fully saturated rings. The van der Waals surface area contributed by atoms with Gasteiger partial charge in [-0.2, -0.15) is 0 Å². The number of nitrogens with zero attached hydrogens (tertiary/aromatic N) is 1. The van der Waals surface area contributed by atoms with Crippen molar-refractivity contribution in [2.45, 2.75) is 38.1 Å². The van der Waals surface area contributed by atoms with Crippen LogP contribution in [0.1, 0.15) is 30.4 Å². The fraction of sp³-hybridized carbons (Fsp3) is 0.588. The summed E-state index contributed by atoms with van der Waals surface area (Å²) in [6, 6.07) is 4.79. The number of ketones is 1. The molecule has 2 aliphatic rings. The molecule has 114 valence electrons. The van der Waals surface area contributed by atoms with Gasteiger partial charge in [-0.15, -0.1) is 0 Å². The maximum Gasteiger partial charge on any atom is 0.161 e. The van der Waals surface area contributed by atoms with Crippen molar-refractivity contribution in [2.24, 2.45) is 0 Å². The number of methoxy groups -OCH3 is 2. The summed E-state index contributed by atoms with van der Waals surface area (Å²) in [5, 5.41) is 0. The van der Waals surface area contributed by atoms with Gasteiger partial charge in [-0.05, 0) is 42.5 Å². The van der Waals surface area contributed by atoms with Crippen molar-refractivity contribution >= 4 is 5.78 Å². The lowest BCUT2D eigenvalue weighted by atomic mass is 9.86. The highest BCUT2D eigenvalue weighted by Crippen LogP contribution is 2.35. The van der Waals surface area contributed by atoms with Crippen LogP contribution in [0.5, 0.6) is 11.5 Å². The molecule has 4 nitrogen and oxygen atoms in total. The Morgan fingerprint density at radius 3 is 2.24 bits per heavy atom. The molecule has 3 rings (SSSR count). The predicted octanol–water partition coefficient (Wildman–Crippen LogP) is 2.23. The van der Waals surface area contributed by atoms with E-state index in [2.05, 4.69) is 17.0 Å². The quantitative estimate of drug-likeness (QED) is 0.855. The van der Waals surface area contributed by atoms with Crippen molar-refractivity contribution in [2.75, 3.05) is 27.3 Å². The Morgan fingerprint density at radius 1 is 1.00 bits per heavy atom. The Balaban J connectivity index is 1.77. The van der Waals surface area contributed by atoms with E-state index < -0.39 is 0 Å². The second kappa shape index (κ2) is 6.06. The summed E-state index contributed by atoms with van der Waals surface area (Å²) in [7, 11) is 3.36. The number of rotatable bonds is 3. The Morgan fingerprint density at radius 2 is 1.62 bits per heavy atom. The van der Waals surface area contributed by atoms with Gasteiger partial charge in [-0.1, -0.05) is 0 Å². The standard InChI is InChI=1S/C17H23NO3/c1-20-16-10-12-3-4-14(9-13(12)11-17(16)21-2)18-7-5-15(19)6-8-18/h10-11,14H,3-9H2,1-2H3. The fourth-order valence-corrected chi connectivity index (χ4v) is 3.51. The largest absolute Gasteiger partial charge is 0.493 e. The van der Waals surface area contributed by atoms with Crippen LogP contribution in [0.3, 0.4) is 0 Å². The molecule has 1 saturated heterocycles. The number of likely N-dealkylation sites (tertiary alicyclic amines) is 1. The summed E-state index contributed by atoms with van der Waals surface area (Å²) in [5.74, 6) is 2.04. The van der Waals surface area contributed by atoms with E-state index in [1.54, 1.807) is 14.2 Å². The van der Waals surface area contributed by atoms with E-state index in [0.717, 1.165) is 56.7 Å². The van der Waals surface area contributed by atoms with Crippen molar-refractivity contribution in [3.63, 3.8) is 0 Å². The van der Waals surface area contributed by atoms with Crippen LogP contribution in [0.2, 0.25) is 0 Å². The van der Waals surface area contributed by atoms with Gasteiger partial charge >= 0.3 is 0 Å². The number of aryl methyl sites for hydroxylation is 1. The van der Waals surface area contributed by atoms with E-state index in [1.807, 2.05) is 0 Å². The third-order valence-electron chi connectivity index (χ3n) is 4.78. The maximum absolute atomic E-state index is 11.4. The van der Waals surface area contributed by atoms with Crippen LogP contribution in [-0.4, -0.2) is 44.0 Å². The second-order valence-electron chi connectivity index (χ2n) is 5.95. The summed E-state index contributed by atoms with van der Waals surface area (Å²) in [5.41, 5.74) is 2.73. The van der Waals surface area contributed by atoms with Gasteiger partial charge in [-0.25, -0.2) is 0 Å². The van der Waals surface area contributed by atoms with Gasteiger partial charge in [-0.3, -0.25) is 9.69 Å². The average Bonchev–Trinajstić information content (AvgIpc) is 2.53.